The number of rotatable bonds is 6. The van der Waals surface area contributed by atoms with Gasteiger partial charge in [0.2, 0.25) is 5.16 Å². The molecule has 4 nitrogen and oxygen atoms in total. The second-order valence-corrected chi connectivity index (χ2v) is 7.01. The van der Waals surface area contributed by atoms with Gasteiger partial charge >= 0.3 is 0 Å². The predicted octanol–water partition coefficient (Wildman–Crippen LogP) is 3.77. The summed E-state index contributed by atoms with van der Waals surface area (Å²) in [5.74, 6) is 1.49. The topological polar surface area (TPSA) is 53.6 Å². The Morgan fingerprint density at radius 1 is 1.40 bits per heavy atom. The molecule has 0 radical (unpaired) electrons. The Kier molecular flexibility index (Phi) is 5.63. The van der Waals surface area contributed by atoms with E-state index in [1.165, 1.54) is 10.5 Å². The van der Waals surface area contributed by atoms with E-state index in [0.717, 1.165) is 28.5 Å². The molecule has 1 heterocycles. The minimum atomic E-state index is 0.650. The van der Waals surface area contributed by atoms with Gasteiger partial charge < -0.3 is 5.32 Å². The van der Waals surface area contributed by atoms with Crippen molar-refractivity contribution in [1.82, 2.24) is 20.5 Å². The predicted molar refractivity (Wildman–Crippen MR) is 85.9 cm³/mol. The molecule has 0 saturated heterocycles. The maximum absolute atomic E-state index is 4.35. The molecule has 0 aliphatic carbocycles. The van der Waals surface area contributed by atoms with Gasteiger partial charge in [0.15, 0.2) is 0 Å². The Labute approximate surface area is 132 Å². The van der Waals surface area contributed by atoms with E-state index >= 15 is 0 Å². The van der Waals surface area contributed by atoms with Crippen molar-refractivity contribution in [3.8, 4) is 0 Å². The van der Waals surface area contributed by atoms with Crippen molar-refractivity contribution in [2.75, 3.05) is 6.54 Å². The molecule has 6 heteroatoms. The van der Waals surface area contributed by atoms with Crippen LogP contribution in [0.5, 0.6) is 0 Å². The van der Waals surface area contributed by atoms with Crippen LogP contribution in [0.15, 0.2) is 32.7 Å². The quantitative estimate of drug-likeness (QED) is 0.828. The van der Waals surface area contributed by atoms with Crippen molar-refractivity contribution in [2.45, 2.75) is 37.4 Å². The molecule has 20 heavy (non-hydrogen) atoms. The largest absolute Gasteiger partial charge is 0.312 e. The fraction of sp³-hybridized carbons (Fsp3) is 0.429. The SMILES string of the molecule is Cc1nc(Sc2cc(Br)ccc2CNCC(C)C)n[nH]1. The lowest BCUT2D eigenvalue weighted by molar-refractivity contribution is 0.550. The lowest BCUT2D eigenvalue weighted by atomic mass is 10.2. The molecule has 0 amide bonds. The standard InChI is InChI=1S/C14H19BrN4S/c1-9(2)7-16-8-11-4-5-12(15)6-13(11)20-14-17-10(3)18-19-14/h4-6,9,16H,7-8H2,1-3H3,(H,17,18,19). The second-order valence-electron chi connectivity index (χ2n) is 5.08. The number of aromatic nitrogens is 3. The molecule has 2 rings (SSSR count). The highest BCUT2D eigenvalue weighted by Gasteiger charge is 2.09. The molecule has 0 fully saturated rings. The van der Waals surface area contributed by atoms with Gasteiger partial charge in [0.05, 0.1) is 0 Å². The van der Waals surface area contributed by atoms with Crippen LogP contribution in [0, 0.1) is 12.8 Å². The molecule has 1 aromatic heterocycles. The normalized spacial score (nSPS) is 11.2. The molecular weight excluding hydrogens is 336 g/mol. The first kappa shape index (κ1) is 15.5. The van der Waals surface area contributed by atoms with Gasteiger partial charge in [-0.15, -0.1) is 5.10 Å². The first-order chi connectivity index (χ1) is 9.54. The van der Waals surface area contributed by atoms with Crippen LogP contribution in [0.1, 0.15) is 25.2 Å². The van der Waals surface area contributed by atoms with Crippen molar-refractivity contribution in [1.29, 1.82) is 0 Å². The Bertz CT molecular complexity index is 568. The fourth-order valence-corrected chi connectivity index (χ4v) is 3.17. The van der Waals surface area contributed by atoms with E-state index in [4.69, 9.17) is 0 Å². The first-order valence-corrected chi connectivity index (χ1v) is 8.21. The monoisotopic (exact) mass is 354 g/mol. The van der Waals surface area contributed by atoms with Crippen molar-refractivity contribution in [3.63, 3.8) is 0 Å². The van der Waals surface area contributed by atoms with E-state index in [0.29, 0.717) is 5.92 Å². The van der Waals surface area contributed by atoms with Gasteiger partial charge in [0.1, 0.15) is 5.82 Å². The number of H-pyrrole nitrogens is 1. The Morgan fingerprint density at radius 2 is 2.20 bits per heavy atom. The second kappa shape index (κ2) is 7.24. The number of hydrogen-bond donors (Lipinski definition) is 2. The summed E-state index contributed by atoms with van der Waals surface area (Å²) in [6, 6.07) is 6.32. The van der Waals surface area contributed by atoms with Gasteiger partial charge in [0.25, 0.3) is 0 Å². The lowest BCUT2D eigenvalue weighted by Gasteiger charge is -2.11. The summed E-state index contributed by atoms with van der Waals surface area (Å²) in [5, 5.41) is 11.3. The average Bonchev–Trinajstić information content (AvgIpc) is 2.77. The molecule has 0 aliphatic rings. The average molecular weight is 355 g/mol. The molecule has 0 unspecified atom stereocenters. The fourth-order valence-electron chi connectivity index (χ4n) is 1.73. The molecule has 108 valence electrons. The molecule has 1 aromatic carbocycles. The van der Waals surface area contributed by atoms with Gasteiger partial charge in [-0.1, -0.05) is 35.8 Å². The summed E-state index contributed by atoms with van der Waals surface area (Å²) in [4.78, 5) is 5.52. The molecule has 0 bridgehead atoms. The highest BCUT2D eigenvalue weighted by molar-refractivity contribution is 9.10. The van der Waals surface area contributed by atoms with Gasteiger partial charge in [-0.2, -0.15) is 0 Å². The van der Waals surface area contributed by atoms with Crippen LogP contribution in [0.2, 0.25) is 0 Å². The van der Waals surface area contributed by atoms with Gasteiger partial charge in [-0.25, -0.2) is 4.98 Å². The highest BCUT2D eigenvalue weighted by Crippen LogP contribution is 2.30. The minimum Gasteiger partial charge on any atom is -0.312 e. The summed E-state index contributed by atoms with van der Waals surface area (Å²) in [6.07, 6.45) is 0. The Balaban J connectivity index is 2.11. The van der Waals surface area contributed by atoms with Crippen molar-refractivity contribution in [3.05, 3.63) is 34.1 Å². The Morgan fingerprint density at radius 3 is 2.85 bits per heavy atom. The van der Waals surface area contributed by atoms with Crippen LogP contribution >= 0.6 is 27.7 Å². The van der Waals surface area contributed by atoms with Crippen LogP contribution in [-0.4, -0.2) is 21.7 Å². The van der Waals surface area contributed by atoms with Gasteiger partial charge in [-0.05, 0) is 48.8 Å². The number of hydrogen-bond acceptors (Lipinski definition) is 4. The van der Waals surface area contributed by atoms with Crippen LogP contribution in [0.4, 0.5) is 0 Å². The van der Waals surface area contributed by atoms with Crippen molar-refractivity contribution < 1.29 is 0 Å². The van der Waals surface area contributed by atoms with E-state index in [-0.39, 0.29) is 0 Å². The first-order valence-electron chi connectivity index (χ1n) is 6.60. The van der Waals surface area contributed by atoms with Crippen molar-refractivity contribution in [2.24, 2.45) is 5.92 Å². The number of nitrogens with one attached hydrogen (secondary N) is 2. The van der Waals surface area contributed by atoms with E-state index in [1.54, 1.807) is 11.8 Å². The van der Waals surface area contributed by atoms with Crippen LogP contribution in [-0.2, 0) is 6.54 Å². The summed E-state index contributed by atoms with van der Waals surface area (Å²) >= 11 is 5.11. The van der Waals surface area contributed by atoms with Crippen LogP contribution in [0.25, 0.3) is 0 Å². The molecule has 0 atom stereocenters. The third kappa shape index (κ3) is 4.61. The molecule has 0 saturated carbocycles. The summed E-state index contributed by atoms with van der Waals surface area (Å²) in [6.45, 7) is 8.20. The van der Waals surface area contributed by atoms with Gasteiger partial charge in [-0.3, -0.25) is 5.10 Å². The summed E-state index contributed by atoms with van der Waals surface area (Å²) in [5.41, 5.74) is 1.27. The molecule has 2 aromatic rings. The van der Waals surface area contributed by atoms with Gasteiger partial charge in [0, 0.05) is 15.9 Å². The Hall–Kier alpha value is -0.850. The zero-order valence-electron chi connectivity index (χ0n) is 11.9. The number of nitrogens with zero attached hydrogens (tertiary/aromatic N) is 2. The molecule has 0 spiro atoms. The van der Waals surface area contributed by atoms with E-state index in [9.17, 15) is 0 Å². The smallest absolute Gasteiger partial charge is 0.213 e. The zero-order chi connectivity index (χ0) is 14.5. The number of halogens is 1. The summed E-state index contributed by atoms with van der Waals surface area (Å²) in [7, 11) is 0. The molecular formula is C14H19BrN4S. The minimum absolute atomic E-state index is 0.650. The molecule has 2 N–H and O–H groups in total. The third-order valence-corrected chi connectivity index (χ3v) is 4.13. The van der Waals surface area contributed by atoms with Crippen LogP contribution < -0.4 is 5.32 Å². The highest BCUT2D eigenvalue weighted by atomic mass is 79.9. The maximum Gasteiger partial charge on any atom is 0.213 e. The van der Waals surface area contributed by atoms with E-state index in [1.807, 2.05) is 6.92 Å². The summed E-state index contributed by atoms with van der Waals surface area (Å²) < 4.78 is 1.07. The number of benzene rings is 1. The number of aromatic amines is 1. The maximum atomic E-state index is 4.35. The third-order valence-electron chi connectivity index (χ3n) is 2.68. The molecule has 0 aliphatic heterocycles. The van der Waals surface area contributed by atoms with E-state index in [2.05, 4.69) is 68.5 Å². The van der Waals surface area contributed by atoms with E-state index < -0.39 is 0 Å². The van der Waals surface area contributed by atoms with Crippen molar-refractivity contribution >= 4 is 27.7 Å². The lowest BCUT2D eigenvalue weighted by Crippen LogP contribution is -2.19. The van der Waals surface area contributed by atoms with Crippen LogP contribution in [0.3, 0.4) is 0 Å². The number of aryl methyl sites for hydroxylation is 1. The zero-order valence-corrected chi connectivity index (χ0v) is 14.3.